The molecule has 0 bridgehead atoms. The Labute approximate surface area is 256 Å². The number of carbonyl (C=O) groups excluding carboxylic acids is 4. The predicted molar refractivity (Wildman–Crippen MR) is 168 cm³/mol. The first-order valence-corrected chi connectivity index (χ1v) is 14.5. The number of hydrogen-bond donors (Lipinski definition) is 5. The highest BCUT2D eigenvalue weighted by atomic mass is 16.3. The molecule has 3 amide bonds. The van der Waals surface area contributed by atoms with Crippen molar-refractivity contribution in [1.29, 1.82) is 0 Å². The van der Waals surface area contributed by atoms with Crippen LogP contribution in [0.15, 0.2) is 91.0 Å². The minimum atomic E-state index is -1.02. The lowest BCUT2D eigenvalue weighted by Crippen LogP contribution is -2.57. The Bertz CT molecular complexity index is 1600. The summed E-state index contributed by atoms with van der Waals surface area (Å²) in [6, 6.07) is 23.3. The van der Waals surface area contributed by atoms with E-state index in [0.717, 1.165) is 21.9 Å². The molecule has 0 radical (unpaired) electrons. The van der Waals surface area contributed by atoms with E-state index in [4.69, 9.17) is 0 Å². The fraction of sp³-hybridized carbons (Fsp3) is 0.257. The average Bonchev–Trinajstić information content (AvgIpc) is 3.01. The van der Waals surface area contributed by atoms with Crippen LogP contribution in [0.25, 0.3) is 10.8 Å². The third-order valence-electron chi connectivity index (χ3n) is 7.39. The number of nitrogens with one attached hydrogen (secondary N) is 3. The topological polar surface area (TPSA) is 145 Å². The average molecular weight is 596 g/mol. The lowest BCUT2D eigenvalue weighted by molar-refractivity contribution is -0.133. The van der Waals surface area contributed by atoms with E-state index < -0.39 is 29.9 Å². The number of carbonyl (C=O) groups is 4. The summed E-state index contributed by atoms with van der Waals surface area (Å²) in [6.45, 7) is 3.54. The molecule has 4 rings (SSSR count). The van der Waals surface area contributed by atoms with Gasteiger partial charge in [-0.05, 0) is 64.1 Å². The molecule has 1 unspecified atom stereocenters. The van der Waals surface area contributed by atoms with Crippen LogP contribution in [0.2, 0.25) is 0 Å². The van der Waals surface area contributed by atoms with E-state index in [9.17, 15) is 29.4 Å². The molecule has 9 heteroatoms. The van der Waals surface area contributed by atoms with Crippen molar-refractivity contribution in [2.24, 2.45) is 5.92 Å². The number of rotatable bonds is 13. The molecule has 4 aromatic carbocycles. The number of phenolic OH excluding ortho intramolecular Hbond substituents is 2. The summed E-state index contributed by atoms with van der Waals surface area (Å²) in [7, 11) is 0. The third kappa shape index (κ3) is 8.67. The van der Waals surface area contributed by atoms with Gasteiger partial charge in [0.1, 0.15) is 29.9 Å². The molecule has 3 atom stereocenters. The van der Waals surface area contributed by atoms with Crippen LogP contribution >= 0.6 is 0 Å². The van der Waals surface area contributed by atoms with Crippen molar-refractivity contribution in [2.45, 2.75) is 51.2 Å². The first kappa shape index (κ1) is 31.7. The Hall–Kier alpha value is -5.18. The number of amides is 3. The number of hydrogen-bond acceptors (Lipinski definition) is 6. The Morgan fingerprint density at radius 1 is 0.705 bits per heavy atom. The summed E-state index contributed by atoms with van der Waals surface area (Å²) in [5.41, 5.74) is 2.26. The van der Waals surface area contributed by atoms with Gasteiger partial charge in [-0.1, -0.05) is 80.6 Å². The molecule has 0 heterocycles. The van der Waals surface area contributed by atoms with Crippen LogP contribution in [0.1, 0.15) is 30.5 Å². The van der Waals surface area contributed by atoms with Crippen molar-refractivity contribution in [1.82, 2.24) is 16.0 Å². The molecule has 228 valence electrons. The second-order valence-corrected chi connectivity index (χ2v) is 11.2. The van der Waals surface area contributed by atoms with Gasteiger partial charge in [-0.15, -0.1) is 0 Å². The zero-order chi connectivity index (χ0) is 31.6. The van der Waals surface area contributed by atoms with Crippen LogP contribution in [0.5, 0.6) is 11.5 Å². The van der Waals surface area contributed by atoms with Gasteiger partial charge in [-0.3, -0.25) is 14.4 Å². The van der Waals surface area contributed by atoms with E-state index >= 15 is 0 Å². The third-order valence-corrected chi connectivity index (χ3v) is 7.39. The van der Waals surface area contributed by atoms with E-state index in [1.807, 2.05) is 42.5 Å². The predicted octanol–water partition coefficient (Wildman–Crippen LogP) is 3.59. The smallest absolute Gasteiger partial charge is 0.243 e. The lowest BCUT2D eigenvalue weighted by Gasteiger charge is -2.26. The molecule has 0 saturated carbocycles. The fourth-order valence-electron chi connectivity index (χ4n) is 5.02. The summed E-state index contributed by atoms with van der Waals surface area (Å²) in [6.07, 6.45) is 1.01. The molecule has 5 N–H and O–H groups in total. The minimum absolute atomic E-state index is 0.0487. The molecule has 4 aromatic rings. The van der Waals surface area contributed by atoms with Gasteiger partial charge >= 0.3 is 0 Å². The standard InChI is InChI=1S/C35H37N3O6/c1-22(2)33(35(44)36-27(21-39)18-23-10-14-28(40)15-11-23)38-34(43)31(19-24-12-16-29(41)17-13-24)37-32(42)20-26-8-5-7-25-6-3-4-9-30(25)26/h3-17,21-22,27,31,33,40-41H,18-20H2,1-2H3,(H,36,44)(H,37,42)(H,38,43)/t27?,31-,33-/m0/s1. The highest BCUT2D eigenvalue weighted by Crippen LogP contribution is 2.19. The van der Waals surface area contributed by atoms with Crippen molar-refractivity contribution >= 4 is 34.8 Å². The summed E-state index contributed by atoms with van der Waals surface area (Å²) in [5, 5.41) is 29.5. The minimum Gasteiger partial charge on any atom is -0.508 e. The number of benzene rings is 4. The van der Waals surface area contributed by atoms with Crippen molar-refractivity contribution < 1.29 is 29.4 Å². The maximum absolute atomic E-state index is 13.7. The van der Waals surface area contributed by atoms with Crippen LogP contribution in [0.4, 0.5) is 0 Å². The number of phenols is 2. The number of fused-ring (bicyclic) bond motifs is 1. The van der Waals surface area contributed by atoms with Crippen molar-refractivity contribution in [3.05, 3.63) is 108 Å². The van der Waals surface area contributed by atoms with Gasteiger partial charge < -0.3 is 31.0 Å². The SMILES string of the molecule is CC(C)[C@H](NC(=O)[C@H](Cc1ccc(O)cc1)NC(=O)Cc1cccc2ccccc12)C(=O)NC(C=O)Cc1ccc(O)cc1. The first-order valence-electron chi connectivity index (χ1n) is 14.5. The largest absolute Gasteiger partial charge is 0.508 e. The lowest BCUT2D eigenvalue weighted by atomic mass is 9.99. The van der Waals surface area contributed by atoms with Gasteiger partial charge in [0.15, 0.2) is 0 Å². The molecule has 0 spiro atoms. The monoisotopic (exact) mass is 595 g/mol. The van der Waals surface area contributed by atoms with E-state index in [0.29, 0.717) is 11.8 Å². The molecule has 9 nitrogen and oxygen atoms in total. The van der Waals surface area contributed by atoms with Crippen molar-refractivity contribution in [3.8, 4) is 11.5 Å². The number of aldehydes is 1. The van der Waals surface area contributed by atoms with Crippen molar-refractivity contribution in [2.75, 3.05) is 0 Å². The molecule has 0 aliphatic rings. The second-order valence-electron chi connectivity index (χ2n) is 11.2. The van der Waals surface area contributed by atoms with Gasteiger partial charge in [0.05, 0.1) is 12.5 Å². The van der Waals surface area contributed by atoms with Gasteiger partial charge in [-0.2, -0.15) is 0 Å². The van der Waals surface area contributed by atoms with Crippen LogP contribution in [0, 0.1) is 5.92 Å². The summed E-state index contributed by atoms with van der Waals surface area (Å²) < 4.78 is 0. The van der Waals surface area contributed by atoms with Crippen molar-refractivity contribution in [3.63, 3.8) is 0 Å². The highest BCUT2D eigenvalue weighted by Gasteiger charge is 2.30. The molecular formula is C35H37N3O6. The summed E-state index contributed by atoms with van der Waals surface area (Å²) >= 11 is 0. The van der Waals surface area contributed by atoms with E-state index in [2.05, 4.69) is 16.0 Å². The summed E-state index contributed by atoms with van der Waals surface area (Å²) in [5.74, 6) is -1.62. The molecule has 44 heavy (non-hydrogen) atoms. The molecule has 0 aliphatic carbocycles. The molecule has 0 aromatic heterocycles. The quantitative estimate of drug-likeness (QED) is 0.150. The Kier molecular flexibility index (Phi) is 10.7. The van der Waals surface area contributed by atoms with Crippen LogP contribution in [0.3, 0.4) is 0 Å². The Morgan fingerprint density at radius 2 is 1.30 bits per heavy atom. The van der Waals surface area contributed by atoms with Gasteiger partial charge in [0, 0.05) is 6.42 Å². The van der Waals surface area contributed by atoms with E-state index in [-0.39, 0.29) is 42.6 Å². The van der Waals surface area contributed by atoms with Gasteiger partial charge in [-0.25, -0.2) is 0 Å². The van der Waals surface area contributed by atoms with Crippen LogP contribution < -0.4 is 16.0 Å². The fourth-order valence-corrected chi connectivity index (χ4v) is 5.02. The highest BCUT2D eigenvalue weighted by molar-refractivity contribution is 5.95. The van der Waals surface area contributed by atoms with Gasteiger partial charge in [0.2, 0.25) is 17.7 Å². The normalized spacial score (nSPS) is 13.1. The first-order chi connectivity index (χ1) is 21.1. The number of aromatic hydroxyl groups is 2. The van der Waals surface area contributed by atoms with Crippen LogP contribution in [-0.2, 0) is 38.4 Å². The maximum Gasteiger partial charge on any atom is 0.243 e. The zero-order valence-electron chi connectivity index (χ0n) is 24.7. The van der Waals surface area contributed by atoms with E-state index in [1.54, 1.807) is 38.1 Å². The Balaban J connectivity index is 1.49. The van der Waals surface area contributed by atoms with Gasteiger partial charge in [0.25, 0.3) is 0 Å². The molecule has 0 fully saturated rings. The summed E-state index contributed by atoms with van der Waals surface area (Å²) in [4.78, 5) is 52.0. The van der Waals surface area contributed by atoms with E-state index in [1.165, 1.54) is 24.3 Å². The Morgan fingerprint density at radius 3 is 1.91 bits per heavy atom. The van der Waals surface area contributed by atoms with Crippen LogP contribution in [-0.4, -0.2) is 52.3 Å². The molecule has 0 saturated heterocycles. The second kappa shape index (κ2) is 14.8. The molecular weight excluding hydrogens is 558 g/mol. The molecule has 0 aliphatic heterocycles. The maximum atomic E-state index is 13.7. The zero-order valence-corrected chi connectivity index (χ0v) is 24.7.